The summed E-state index contributed by atoms with van der Waals surface area (Å²) in [5.41, 5.74) is 0. The average molecular weight is 352 g/mol. The predicted molar refractivity (Wildman–Crippen MR) is 89.9 cm³/mol. The highest BCUT2D eigenvalue weighted by molar-refractivity contribution is 7.89. The smallest absolute Gasteiger partial charge is 0.243 e. The number of hydrogen-bond acceptors (Lipinski definition) is 4. The molecule has 1 amide bonds. The monoisotopic (exact) mass is 352 g/mol. The lowest BCUT2D eigenvalue weighted by molar-refractivity contribution is -0.126. The van der Waals surface area contributed by atoms with Gasteiger partial charge >= 0.3 is 0 Å². The van der Waals surface area contributed by atoms with E-state index in [-0.39, 0.29) is 29.4 Å². The van der Waals surface area contributed by atoms with E-state index in [0.29, 0.717) is 19.5 Å². The number of carbonyl (C=O) groups is 1. The van der Waals surface area contributed by atoms with Crippen molar-refractivity contribution < 1.29 is 17.9 Å². The molecule has 6 nitrogen and oxygen atoms in total. The third kappa shape index (κ3) is 3.96. The number of benzene rings is 1. The molecule has 0 radical (unpaired) electrons. The van der Waals surface area contributed by atoms with E-state index in [4.69, 9.17) is 4.74 Å². The zero-order valence-electron chi connectivity index (χ0n) is 13.7. The lowest BCUT2D eigenvalue weighted by atomic mass is 9.99. The van der Waals surface area contributed by atoms with Crippen molar-refractivity contribution in [3.63, 3.8) is 0 Å². The second-order valence-electron chi connectivity index (χ2n) is 6.40. The molecule has 0 aromatic heterocycles. The Morgan fingerprint density at radius 1 is 1.21 bits per heavy atom. The van der Waals surface area contributed by atoms with Crippen molar-refractivity contribution in [2.45, 2.75) is 36.7 Å². The molecule has 2 atom stereocenters. The minimum Gasteiger partial charge on any atom is -0.376 e. The number of piperidine rings is 1. The van der Waals surface area contributed by atoms with Gasteiger partial charge in [-0.2, -0.15) is 4.31 Å². The van der Waals surface area contributed by atoms with Crippen LogP contribution in [0.25, 0.3) is 0 Å². The van der Waals surface area contributed by atoms with Gasteiger partial charge in [-0.25, -0.2) is 8.42 Å². The molecule has 1 aromatic rings. The molecule has 2 aliphatic rings. The number of carbonyl (C=O) groups excluding carboxylic acids is 1. The number of nitrogens with one attached hydrogen (secondary N) is 1. The topological polar surface area (TPSA) is 75.7 Å². The Morgan fingerprint density at radius 3 is 2.71 bits per heavy atom. The molecule has 0 bridgehead atoms. The van der Waals surface area contributed by atoms with E-state index < -0.39 is 10.0 Å². The Kier molecular flexibility index (Phi) is 5.53. The summed E-state index contributed by atoms with van der Waals surface area (Å²) in [6.45, 7) is 1.98. The summed E-state index contributed by atoms with van der Waals surface area (Å²) in [7, 11) is -3.53. The van der Waals surface area contributed by atoms with Crippen molar-refractivity contribution in [1.82, 2.24) is 9.62 Å². The van der Waals surface area contributed by atoms with Gasteiger partial charge in [0.05, 0.1) is 16.9 Å². The summed E-state index contributed by atoms with van der Waals surface area (Å²) < 4.78 is 32.3. The first-order valence-electron chi connectivity index (χ1n) is 8.52. The SMILES string of the molecule is O=C(NCC1CCCO1)C1CCCN(S(=O)(=O)c2ccccc2)C1. The fraction of sp³-hybridized carbons (Fsp3) is 0.588. The summed E-state index contributed by atoms with van der Waals surface area (Å²) in [5, 5.41) is 2.92. The minimum atomic E-state index is -3.53. The lowest BCUT2D eigenvalue weighted by Gasteiger charge is -2.31. The molecule has 2 saturated heterocycles. The first kappa shape index (κ1) is 17.4. The van der Waals surface area contributed by atoms with Gasteiger partial charge in [-0.15, -0.1) is 0 Å². The molecule has 0 saturated carbocycles. The minimum absolute atomic E-state index is 0.0709. The van der Waals surface area contributed by atoms with E-state index in [1.54, 1.807) is 30.3 Å². The van der Waals surface area contributed by atoms with Crippen LogP contribution >= 0.6 is 0 Å². The number of nitrogens with zero attached hydrogens (tertiary/aromatic N) is 1. The van der Waals surface area contributed by atoms with Crippen LogP contribution in [0.1, 0.15) is 25.7 Å². The molecule has 2 heterocycles. The maximum atomic E-state index is 12.7. The van der Waals surface area contributed by atoms with Gasteiger partial charge in [-0.05, 0) is 37.8 Å². The normalized spacial score (nSPS) is 25.5. The maximum Gasteiger partial charge on any atom is 0.243 e. The summed E-state index contributed by atoms with van der Waals surface area (Å²) in [6, 6.07) is 8.40. The molecule has 2 unspecified atom stereocenters. The van der Waals surface area contributed by atoms with Crippen LogP contribution < -0.4 is 5.32 Å². The van der Waals surface area contributed by atoms with Gasteiger partial charge in [0.15, 0.2) is 0 Å². The van der Waals surface area contributed by atoms with Gasteiger partial charge in [0.25, 0.3) is 0 Å². The summed E-state index contributed by atoms with van der Waals surface area (Å²) in [5.74, 6) is -0.364. The van der Waals surface area contributed by atoms with Crippen molar-refractivity contribution in [3.05, 3.63) is 30.3 Å². The standard InChI is InChI=1S/C17H24N2O4S/c20-17(18-12-15-7-5-11-23-15)14-6-4-10-19(13-14)24(21,22)16-8-2-1-3-9-16/h1-3,8-9,14-15H,4-7,10-13H2,(H,18,20). The first-order chi connectivity index (χ1) is 11.6. The number of sulfonamides is 1. The zero-order valence-corrected chi connectivity index (χ0v) is 14.5. The average Bonchev–Trinajstić information content (AvgIpc) is 3.14. The largest absolute Gasteiger partial charge is 0.376 e. The summed E-state index contributed by atoms with van der Waals surface area (Å²) in [4.78, 5) is 12.7. The molecule has 1 aromatic carbocycles. The number of ether oxygens (including phenoxy) is 1. The molecule has 0 aliphatic carbocycles. The van der Waals surface area contributed by atoms with Gasteiger partial charge in [0.1, 0.15) is 0 Å². The molecule has 132 valence electrons. The molecule has 0 spiro atoms. The van der Waals surface area contributed by atoms with Crippen molar-refractivity contribution >= 4 is 15.9 Å². The second-order valence-corrected chi connectivity index (χ2v) is 8.33. The van der Waals surface area contributed by atoms with Gasteiger partial charge in [-0.3, -0.25) is 4.79 Å². The zero-order chi connectivity index (χ0) is 17.0. The third-order valence-corrected chi connectivity index (χ3v) is 6.54. The third-order valence-electron chi connectivity index (χ3n) is 4.66. The summed E-state index contributed by atoms with van der Waals surface area (Å²) in [6.07, 6.45) is 3.52. The fourth-order valence-electron chi connectivity index (χ4n) is 3.28. The van der Waals surface area contributed by atoms with Crippen LogP contribution in [0.4, 0.5) is 0 Å². The van der Waals surface area contributed by atoms with E-state index >= 15 is 0 Å². The Balaban J connectivity index is 1.60. The predicted octanol–water partition coefficient (Wildman–Crippen LogP) is 1.38. The molecule has 3 rings (SSSR count). The number of amides is 1. The second kappa shape index (κ2) is 7.63. The fourth-order valence-corrected chi connectivity index (χ4v) is 4.83. The van der Waals surface area contributed by atoms with Crippen molar-refractivity contribution in [2.75, 3.05) is 26.2 Å². The molecule has 2 aliphatic heterocycles. The van der Waals surface area contributed by atoms with Crippen molar-refractivity contribution in [3.8, 4) is 0 Å². The highest BCUT2D eigenvalue weighted by Crippen LogP contribution is 2.24. The Bertz CT molecular complexity index is 656. The Labute approximate surface area is 143 Å². The quantitative estimate of drug-likeness (QED) is 0.869. The van der Waals surface area contributed by atoms with Gasteiger partial charge in [0, 0.05) is 26.2 Å². The Hall–Kier alpha value is -1.44. The van der Waals surface area contributed by atoms with Crippen LogP contribution in [-0.4, -0.2) is 51.0 Å². The number of rotatable bonds is 5. The van der Waals surface area contributed by atoms with Crippen LogP contribution in [0.15, 0.2) is 35.2 Å². The van der Waals surface area contributed by atoms with E-state index in [1.807, 2.05) is 0 Å². The van der Waals surface area contributed by atoms with Crippen LogP contribution in [0.5, 0.6) is 0 Å². The summed E-state index contributed by atoms with van der Waals surface area (Å²) >= 11 is 0. The van der Waals surface area contributed by atoms with E-state index in [0.717, 1.165) is 25.9 Å². The molecule has 24 heavy (non-hydrogen) atoms. The van der Waals surface area contributed by atoms with Crippen molar-refractivity contribution in [1.29, 1.82) is 0 Å². The maximum absolute atomic E-state index is 12.7. The van der Waals surface area contributed by atoms with Crippen LogP contribution in [0.3, 0.4) is 0 Å². The van der Waals surface area contributed by atoms with E-state index in [1.165, 1.54) is 4.31 Å². The molecular weight excluding hydrogens is 328 g/mol. The first-order valence-corrected chi connectivity index (χ1v) is 9.96. The molecule has 2 fully saturated rings. The highest BCUT2D eigenvalue weighted by atomic mass is 32.2. The van der Waals surface area contributed by atoms with Crippen LogP contribution in [0.2, 0.25) is 0 Å². The molecular formula is C17H24N2O4S. The van der Waals surface area contributed by atoms with E-state index in [2.05, 4.69) is 5.32 Å². The van der Waals surface area contributed by atoms with Gasteiger partial charge in [0.2, 0.25) is 15.9 Å². The number of hydrogen-bond donors (Lipinski definition) is 1. The van der Waals surface area contributed by atoms with Gasteiger partial charge in [-0.1, -0.05) is 18.2 Å². The highest BCUT2D eigenvalue weighted by Gasteiger charge is 2.33. The van der Waals surface area contributed by atoms with Crippen LogP contribution in [0, 0.1) is 5.92 Å². The van der Waals surface area contributed by atoms with Crippen LogP contribution in [-0.2, 0) is 19.6 Å². The van der Waals surface area contributed by atoms with Gasteiger partial charge < -0.3 is 10.1 Å². The van der Waals surface area contributed by atoms with E-state index in [9.17, 15) is 13.2 Å². The molecule has 1 N–H and O–H groups in total. The Morgan fingerprint density at radius 2 is 2.00 bits per heavy atom. The lowest BCUT2D eigenvalue weighted by Crippen LogP contribution is -2.46. The molecule has 7 heteroatoms. The van der Waals surface area contributed by atoms with Crippen molar-refractivity contribution in [2.24, 2.45) is 5.92 Å².